The van der Waals surface area contributed by atoms with Crippen molar-refractivity contribution in [3.8, 4) is 5.75 Å². The zero-order valence-corrected chi connectivity index (χ0v) is 15.3. The van der Waals surface area contributed by atoms with Crippen LogP contribution in [-0.2, 0) is 16.0 Å². The third-order valence-corrected chi connectivity index (χ3v) is 4.07. The fraction of sp³-hybridized carbons (Fsp3) is 0.263. The molecule has 138 valence electrons. The molecule has 0 aliphatic heterocycles. The summed E-state index contributed by atoms with van der Waals surface area (Å²) in [5.74, 6) is -0.384. The minimum absolute atomic E-state index is 0.124. The number of rotatable bonds is 7. The van der Waals surface area contributed by atoms with Gasteiger partial charge in [-0.3, -0.25) is 9.59 Å². The summed E-state index contributed by atoms with van der Waals surface area (Å²) in [5.41, 5.74) is 1.43. The molecular formula is C19H20ClFN2O3. The van der Waals surface area contributed by atoms with Gasteiger partial charge in [-0.25, -0.2) is 4.39 Å². The van der Waals surface area contributed by atoms with Crippen LogP contribution in [-0.4, -0.2) is 32.0 Å². The van der Waals surface area contributed by atoms with Crippen LogP contribution in [0.25, 0.3) is 0 Å². The molecule has 0 bridgehead atoms. The number of ether oxygens (including phenoxy) is 1. The first-order valence-electron chi connectivity index (χ1n) is 8.03. The molecule has 0 saturated heterocycles. The molecule has 0 aromatic heterocycles. The number of hydrogen-bond donors (Lipinski definition) is 1. The van der Waals surface area contributed by atoms with Gasteiger partial charge in [0.2, 0.25) is 11.8 Å². The number of methoxy groups -OCH3 is 1. The minimum atomic E-state index is -0.298. The van der Waals surface area contributed by atoms with Gasteiger partial charge in [0.1, 0.15) is 18.1 Å². The average Bonchev–Trinajstić information content (AvgIpc) is 2.61. The van der Waals surface area contributed by atoms with Gasteiger partial charge in [0.15, 0.2) is 0 Å². The van der Waals surface area contributed by atoms with E-state index in [4.69, 9.17) is 16.3 Å². The summed E-state index contributed by atoms with van der Waals surface area (Å²) in [6, 6.07) is 11.0. The smallest absolute Gasteiger partial charge is 0.240 e. The first-order chi connectivity index (χ1) is 12.4. The molecule has 1 N–H and O–H groups in total. The number of amides is 2. The predicted molar refractivity (Wildman–Crippen MR) is 99.1 cm³/mol. The lowest BCUT2D eigenvalue weighted by Gasteiger charge is -2.21. The SMILES string of the molecule is COc1ccc(N(CC(=O)NCCc2ccc(F)cc2)C(C)=O)cc1Cl. The summed E-state index contributed by atoms with van der Waals surface area (Å²) in [4.78, 5) is 25.4. The van der Waals surface area contributed by atoms with E-state index in [2.05, 4.69) is 5.32 Å². The standard InChI is InChI=1S/C19H20ClFN2O3/c1-13(24)23(16-7-8-18(26-2)17(20)11-16)12-19(25)22-10-9-14-3-5-15(21)6-4-14/h3-8,11H,9-10,12H2,1-2H3,(H,22,25). The van der Waals surface area contributed by atoms with Crippen molar-refractivity contribution in [2.24, 2.45) is 0 Å². The molecule has 5 nitrogen and oxygen atoms in total. The summed E-state index contributed by atoms with van der Waals surface area (Å²) in [5, 5.41) is 3.11. The minimum Gasteiger partial charge on any atom is -0.495 e. The quantitative estimate of drug-likeness (QED) is 0.805. The number of nitrogens with zero attached hydrogens (tertiary/aromatic N) is 1. The monoisotopic (exact) mass is 378 g/mol. The van der Waals surface area contributed by atoms with Crippen LogP contribution in [0.3, 0.4) is 0 Å². The molecule has 0 spiro atoms. The largest absolute Gasteiger partial charge is 0.495 e. The number of benzene rings is 2. The van der Waals surface area contributed by atoms with Crippen LogP contribution in [0, 0.1) is 5.82 Å². The van der Waals surface area contributed by atoms with Gasteiger partial charge in [-0.2, -0.15) is 0 Å². The molecule has 0 saturated carbocycles. The Kier molecular flexibility index (Phi) is 6.97. The van der Waals surface area contributed by atoms with Crippen LogP contribution in [0.1, 0.15) is 12.5 Å². The maximum absolute atomic E-state index is 12.9. The van der Waals surface area contributed by atoms with Crippen LogP contribution in [0.5, 0.6) is 5.75 Å². The Morgan fingerprint density at radius 3 is 2.46 bits per heavy atom. The highest BCUT2D eigenvalue weighted by atomic mass is 35.5. The van der Waals surface area contributed by atoms with E-state index in [1.807, 2.05) is 0 Å². The van der Waals surface area contributed by atoms with Crippen molar-refractivity contribution in [2.45, 2.75) is 13.3 Å². The van der Waals surface area contributed by atoms with Crippen molar-refractivity contribution >= 4 is 29.1 Å². The van der Waals surface area contributed by atoms with Crippen molar-refractivity contribution in [1.29, 1.82) is 0 Å². The number of halogens is 2. The van der Waals surface area contributed by atoms with Crippen molar-refractivity contribution in [3.05, 3.63) is 58.9 Å². The molecule has 0 aliphatic rings. The molecule has 2 aromatic rings. The summed E-state index contributed by atoms with van der Waals surface area (Å²) >= 11 is 6.09. The number of anilines is 1. The van der Waals surface area contributed by atoms with Crippen molar-refractivity contribution in [2.75, 3.05) is 25.1 Å². The van der Waals surface area contributed by atoms with Gasteiger partial charge < -0.3 is 15.0 Å². The van der Waals surface area contributed by atoms with Gasteiger partial charge in [-0.15, -0.1) is 0 Å². The second-order valence-corrected chi connectivity index (χ2v) is 6.06. The fourth-order valence-electron chi connectivity index (χ4n) is 2.40. The number of nitrogens with one attached hydrogen (secondary N) is 1. The van der Waals surface area contributed by atoms with Crippen molar-refractivity contribution in [1.82, 2.24) is 5.32 Å². The average molecular weight is 379 g/mol. The van der Waals surface area contributed by atoms with Crippen LogP contribution in [0.2, 0.25) is 5.02 Å². The first kappa shape index (κ1) is 19.7. The molecule has 0 atom stereocenters. The van der Waals surface area contributed by atoms with Crippen LogP contribution >= 0.6 is 11.6 Å². The van der Waals surface area contributed by atoms with E-state index in [0.29, 0.717) is 29.4 Å². The lowest BCUT2D eigenvalue weighted by molar-refractivity contribution is -0.123. The highest BCUT2D eigenvalue weighted by molar-refractivity contribution is 6.32. The topological polar surface area (TPSA) is 58.6 Å². The fourth-order valence-corrected chi connectivity index (χ4v) is 2.66. The summed E-state index contributed by atoms with van der Waals surface area (Å²) in [6.07, 6.45) is 0.570. The second kappa shape index (κ2) is 9.20. The van der Waals surface area contributed by atoms with Gasteiger partial charge in [0.25, 0.3) is 0 Å². The van der Waals surface area contributed by atoms with Gasteiger partial charge in [0.05, 0.1) is 12.1 Å². The third-order valence-electron chi connectivity index (χ3n) is 3.78. The number of hydrogen-bond acceptors (Lipinski definition) is 3. The second-order valence-electron chi connectivity index (χ2n) is 5.65. The summed E-state index contributed by atoms with van der Waals surface area (Å²) in [6.45, 7) is 1.64. The molecule has 0 unspecified atom stereocenters. The van der Waals surface area contributed by atoms with Gasteiger partial charge in [-0.1, -0.05) is 23.7 Å². The molecule has 0 heterocycles. The Morgan fingerprint density at radius 1 is 1.19 bits per heavy atom. The first-order valence-corrected chi connectivity index (χ1v) is 8.41. The molecule has 0 radical (unpaired) electrons. The molecule has 0 aliphatic carbocycles. The molecule has 2 amide bonds. The van der Waals surface area contributed by atoms with Gasteiger partial charge in [0, 0.05) is 19.2 Å². The maximum atomic E-state index is 12.9. The molecule has 2 aromatic carbocycles. The van der Waals surface area contributed by atoms with E-state index in [0.717, 1.165) is 5.56 Å². The zero-order valence-electron chi connectivity index (χ0n) is 14.6. The van der Waals surface area contributed by atoms with Gasteiger partial charge >= 0.3 is 0 Å². The lowest BCUT2D eigenvalue weighted by Crippen LogP contribution is -2.40. The molecule has 26 heavy (non-hydrogen) atoms. The Balaban J connectivity index is 1.94. The highest BCUT2D eigenvalue weighted by Gasteiger charge is 2.17. The lowest BCUT2D eigenvalue weighted by atomic mass is 10.1. The van der Waals surface area contributed by atoms with Crippen molar-refractivity contribution in [3.63, 3.8) is 0 Å². The Hall–Kier alpha value is -2.60. The zero-order chi connectivity index (χ0) is 19.1. The van der Waals surface area contributed by atoms with E-state index < -0.39 is 0 Å². The van der Waals surface area contributed by atoms with E-state index in [-0.39, 0.29) is 24.2 Å². The Bertz CT molecular complexity index is 781. The molecular weight excluding hydrogens is 359 g/mol. The van der Waals surface area contributed by atoms with E-state index in [9.17, 15) is 14.0 Å². The number of carbonyl (C=O) groups excluding carboxylic acids is 2. The molecule has 7 heteroatoms. The van der Waals surface area contributed by atoms with Crippen LogP contribution in [0.15, 0.2) is 42.5 Å². The van der Waals surface area contributed by atoms with Crippen LogP contribution in [0.4, 0.5) is 10.1 Å². The molecule has 0 fully saturated rings. The maximum Gasteiger partial charge on any atom is 0.240 e. The van der Waals surface area contributed by atoms with E-state index in [1.54, 1.807) is 30.3 Å². The Labute approximate surface area is 156 Å². The van der Waals surface area contributed by atoms with Crippen molar-refractivity contribution < 1.29 is 18.7 Å². The third kappa shape index (κ3) is 5.46. The summed E-state index contributed by atoms with van der Waals surface area (Å²) < 4.78 is 18.0. The number of carbonyl (C=O) groups is 2. The Morgan fingerprint density at radius 2 is 1.88 bits per heavy atom. The predicted octanol–water partition coefficient (Wildman–Crippen LogP) is 3.20. The van der Waals surface area contributed by atoms with Gasteiger partial charge in [-0.05, 0) is 42.3 Å². The van der Waals surface area contributed by atoms with E-state index >= 15 is 0 Å². The highest BCUT2D eigenvalue weighted by Crippen LogP contribution is 2.29. The summed E-state index contributed by atoms with van der Waals surface area (Å²) in [7, 11) is 1.50. The van der Waals surface area contributed by atoms with Crippen LogP contribution < -0.4 is 15.0 Å². The normalized spacial score (nSPS) is 10.3. The van der Waals surface area contributed by atoms with E-state index in [1.165, 1.54) is 31.1 Å². The molecule has 2 rings (SSSR count).